The standard InChI is InChI=1S/C20H26N2O3/c1-13-4-6-16(7-5-13)10-14(2)21-12-20(25)17-8-9-19(24)18(11-17)22-15(3)23/h4-9,11,14,20-21,24-25H,10,12H2,1-3H3,(H,22,23)/t14-,20-/m1/s1. The number of aromatic hydroxyl groups is 1. The quantitative estimate of drug-likeness (QED) is 0.583. The maximum atomic E-state index is 11.2. The molecular formula is C20H26N2O3. The van der Waals surface area contributed by atoms with Crippen LogP contribution in [0.15, 0.2) is 42.5 Å². The third-order valence-electron chi connectivity index (χ3n) is 4.04. The second-order valence-electron chi connectivity index (χ2n) is 6.47. The highest BCUT2D eigenvalue weighted by Gasteiger charge is 2.13. The van der Waals surface area contributed by atoms with E-state index in [1.807, 2.05) is 0 Å². The van der Waals surface area contributed by atoms with E-state index in [-0.39, 0.29) is 17.7 Å². The van der Waals surface area contributed by atoms with Gasteiger partial charge in [-0.1, -0.05) is 35.9 Å². The van der Waals surface area contributed by atoms with Crippen LogP contribution < -0.4 is 10.6 Å². The van der Waals surface area contributed by atoms with E-state index in [2.05, 4.69) is 48.7 Å². The van der Waals surface area contributed by atoms with Gasteiger partial charge < -0.3 is 20.8 Å². The molecule has 25 heavy (non-hydrogen) atoms. The Morgan fingerprint density at radius 2 is 1.84 bits per heavy atom. The number of carbonyl (C=O) groups is 1. The Hall–Kier alpha value is -2.37. The maximum absolute atomic E-state index is 11.2. The highest BCUT2D eigenvalue weighted by Crippen LogP contribution is 2.27. The molecule has 0 unspecified atom stereocenters. The minimum Gasteiger partial charge on any atom is -0.506 e. The number of nitrogens with one attached hydrogen (secondary N) is 2. The van der Waals surface area contributed by atoms with Crippen LogP contribution in [-0.4, -0.2) is 28.7 Å². The van der Waals surface area contributed by atoms with Crippen LogP contribution in [0.5, 0.6) is 5.75 Å². The fraction of sp³-hybridized carbons (Fsp3) is 0.350. The molecule has 0 heterocycles. The monoisotopic (exact) mass is 342 g/mol. The Morgan fingerprint density at radius 3 is 2.48 bits per heavy atom. The van der Waals surface area contributed by atoms with Gasteiger partial charge in [-0.3, -0.25) is 4.79 Å². The van der Waals surface area contributed by atoms with Gasteiger partial charge in [-0.25, -0.2) is 0 Å². The van der Waals surface area contributed by atoms with Crippen LogP contribution in [0.4, 0.5) is 5.69 Å². The number of phenolic OH excluding ortho intramolecular Hbond substituents is 1. The molecular weight excluding hydrogens is 316 g/mol. The van der Waals surface area contributed by atoms with Crippen molar-refractivity contribution in [2.75, 3.05) is 11.9 Å². The van der Waals surface area contributed by atoms with E-state index in [0.29, 0.717) is 17.8 Å². The lowest BCUT2D eigenvalue weighted by atomic mass is 10.0. The van der Waals surface area contributed by atoms with Gasteiger partial charge in [-0.05, 0) is 43.5 Å². The molecule has 0 spiro atoms. The average molecular weight is 342 g/mol. The molecule has 134 valence electrons. The Bertz CT molecular complexity index is 713. The maximum Gasteiger partial charge on any atom is 0.221 e. The number of phenols is 1. The Labute approximate surface area is 148 Å². The average Bonchev–Trinajstić information content (AvgIpc) is 2.56. The van der Waals surface area contributed by atoms with Crippen LogP contribution in [0.3, 0.4) is 0 Å². The number of benzene rings is 2. The van der Waals surface area contributed by atoms with E-state index in [1.165, 1.54) is 24.1 Å². The molecule has 0 saturated carbocycles. The summed E-state index contributed by atoms with van der Waals surface area (Å²) in [6, 6.07) is 13.3. The van der Waals surface area contributed by atoms with Crippen molar-refractivity contribution in [2.45, 2.75) is 39.3 Å². The SMILES string of the molecule is CC(=O)Nc1cc([C@H](O)CN[C@H](C)Cc2ccc(C)cc2)ccc1O. The summed E-state index contributed by atoms with van der Waals surface area (Å²) >= 11 is 0. The van der Waals surface area contributed by atoms with Crippen molar-refractivity contribution >= 4 is 11.6 Å². The lowest BCUT2D eigenvalue weighted by molar-refractivity contribution is -0.114. The summed E-state index contributed by atoms with van der Waals surface area (Å²) in [5.74, 6) is -0.293. The molecule has 5 nitrogen and oxygen atoms in total. The predicted molar refractivity (Wildman–Crippen MR) is 99.7 cm³/mol. The highest BCUT2D eigenvalue weighted by molar-refractivity contribution is 5.90. The zero-order chi connectivity index (χ0) is 18.4. The summed E-state index contributed by atoms with van der Waals surface area (Å²) in [7, 11) is 0. The number of aryl methyl sites for hydroxylation is 1. The number of aliphatic hydroxyl groups excluding tert-OH is 1. The summed E-state index contributed by atoms with van der Waals surface area (Å²) < 4.78 is 0. The molecule has 4 N–H and O–H groups in total. The van der Waals surface area contributed by atoms with Gasteiger partial charge in [0.05, 0.1) is 11.8 Å². The van der Waals surface area contributed by atoms with Gasteiger partial charge in [-0.15, -0.1) is 0 Å². The van der Waals surface area contributed by atoms with E-state index < -0.39 is 6.10 Å². The van der Waals surface area contributed by atoms with Crippen molar-refractivity contribution in [1.29, 1.82) is 0 Å². The third-order valence-corrected chi connectivity index (χ3v) is 4.04. The van der Waals surface area contributed by atoms with Crippen LogP contribution in [0.2, 0.25) is 0 Å². The Balaban J connectivity index is 1.91. The second kappa shape index (κ2) is 8.65. The molecule has 0 radical (unpaired) electrons. The minimum atomic E-state index is -0.728. The third kappa shape index (κ3) is 5.89. The largest absolute Gasteiger partial charge is 0.506 e. The molecule has 1 amide bonds. The summed E-state index contributed by atoms with van der Waals surface area (Å²) in [6.07, 6.45) is 0.147. The van der Waals surface area contributed by atoms with Crippen molar-refractivity contribution in [2.24, 2.45) is 0 Å². The molecule has 0 bridgehead atoms. The number of rotatable bonds is 7. The fourth-order valence-electron chi connectivity index (χ4n) is 2.63. The molecule has 0 aliphatic heterocycles. The normalized spacial score (nSPS) is 13.3. The molecule has 2 atom stereocenters. The van der Waals surface area contributed by atoms with E-state index in [0.717, 1.165) is 6.42 Å². The molecule has 0 aliphatic rings. The first kappa shape index (κ1) is 19.0. The number of anilines is 1. The lowest BCUT2D eigenvalue weighted by Crippen LogP contribution is -2.32. The van der Waals surface area contributed by atoms with Gasteiger partial charge in [0.1, 0.15) is 5.75 Å². The van der Waals surface area contributed by atoms with Crippen LogP contribution in [0.1, 0.15) is 36.6 Å². The van der Waals surface area contributed by atoms with Gasteiger partial charge in [-0.2, -0.15) is 0 Å². The number of hydrogen-bond acceptors (Lipinski definition) is 4. The van der Waals surface area contributed by atoms with Crippen molar-refractivity contribution < 1.29 is 15.0 Å². The number of amides is 1. The van der Waals surface area contributed by atoms with Gasteiger partial charge in [0.25, 0.3) is 0 Å². The zero-order valence-corrected chi connectivity index (χ0v) is 14.9. The van der Waals surface area contributed by atoms with E-state index >= 15 is 0 Å². The zero-order valence-electron chi connectivity index (χ0n) is 14.9. The molecule has 5 heteroatoms. The summed E-state index contributed by atoms with van der Waals surface area (Å²) in [4.78, 5) is 11.2. The molecule has 2 rings (SSSR count). The van der Waals surface area contributed by atoms with Crippen molar-refractivity contribution in [3.8, 4) is 5.75 Å². The smallest absolute Gasteiger partial charge is 0.221 e. The van der Waals surface area contributed by atoms with Crippen LogP contribution in [-0.2, 0) is 11.2 Å². The lowest BCUT2D eigenvalue weighted by Gasteiger charge is -2.18. The van der Waals surface area contributed by atoms with Crippen LogP contribution in [0.25, 0.3) is 0 Å². The Kier molecular flexibility index (Phi) is 6.56. The highest BCUT2D eigenvalue weighted by atomic mass is 16.3. The van der Waals surface area contributed by atoms with Crippen LogP contribution in [0, 0.1) is 6.92 Å². The summed E-state index contributed by atoms with van der Waals surface area (Å²) in [6.45, 7) is 5.90. The van der Waals surface area contributed by atoms with Gasteiger partial charge in [0, 0.05) is 19.5 Å². The van der Waals surface area contributed by atoms with Gasteiger partial charge >= 0.3 is 0 Å². The molecule has 2 aromatic rings. The summed E-state index contributed by atoms with van der Waals surface area (Å²) in [5.41, 5.74) is 3.42. The van der Waals surface area contributed by atoms with Crippen molar-refractivity contribution in [3.63, 3.8) is 0 Å². The predicted octanol–water partition coefficient (Wildman–Crippen LogP) is 2.91. The van der Waals surface area contributed by atoms with Crippen molar-refractivity contribution in [3.05, 3.63) is 59.2 Å². The first-order valence-corrected chi connectivity index (χ1v) is 8.42. The van der Waals surface area contributed by atoms with Gasteiger partial charge in [0.15, 0.2) is 0 Å². The minimum absolute atomic E-state index is 0.0214. The number of hydrogen-bond donors (Lipinski definition) is 4. The first-order chi connectivity index (χ1) is 11.8. The molecule has 2 aromatic carbocycles. The fourth-order valence-corrected chi connectivity index (χ4v) is 2.63. The Morgan fingerprint density at radius 1 is 1.16 bits per heavy atom. The first-order valence-electron chi connectivity index (χ1n) is 8.42. The second-order valence-corrected chi connectivity index (χ2v) is 6.47. The van der Waals surface area contributed by atoms with E-state index in [1.54, 1.807) is 12.1 Å². The summed E-state index contributed by atoms with van der Waals surface area (Å²) in [5, 5.41) is 26.0. The molecule has 0 fully saturated rings. The molecule has 0 aliphatic carbocycles. The van der Waals surface area contributed by atoms with E-state index in [4.69, 9.17) is 0 Å². The topological polar surface area (TPSA) is 81.6 Å². The van der Waals surface area contributed by atoms with Crippen molar-refractivity contribution in [1.82, 2.24) is 5.32 Å². The molecule has 0 saturated heterocycles. The number of aliphatic hydroxyl groups is 1. The van der Waals surface area contributed by atoms with Gasteiger partial charge in [0.2, 0.25) is 5.91 Å². The molecule has 0 aromatic heterocycles. The number of carbonyl (C=O) groups excluding carboxylic acids is 1. The van der Waals surface area contributed by atoms with E-state index in [9.17, 15) is 15.0 Å². The van der Waals surface area contributed by atoms with Crippen LogP contribution >= 0.6 is 0 Å².